The van der Waals surface area contributed by atoms with Crippen molar-refractivity contribution in [3.8, 4) is 0 Å². The number of β-amino-alcohol motifs (C(OH)–C–C–N with tert-alkyl or cyclic N) is 1. The lowest BCUT2D eigenvalue weighted by molar-refractivity contribution is -0.142. The molecule has 1 aliphatic heterocycles. The highest BCUT2D eigenvalue weighted by Gasteiger charge is 2.32. The van der Waals surface area contributed by atoms with Crippen LogP contribution in [0.3, 0.4) is 0 Å². The van der Waals surface area contributed by atoms with Crippen molar-refractivity contribution in [1.82, 2.24) is 10.0 Å². The Morgan fingerprint density at radius 1 is 1.47 bits per heavy atom. The van der Waals surface area contributed by atoms with Gasteiger partial charge in [-0.25, -0.2) is 5.01 Å². The maximum absolute atomic E-state index is 11.6. The van der Waals surface area contributed by atoms with E-state index in [2.05, 4.69) is 13.8 Å². The fourth-order valence-electron chi connectivity index (χ4n) is 1.81. The Morgan fingerprint density at radius 2 is 2.07 bits per heavy atom. The molecular weight excluding hydrogens is 192 g/mol. The van der Waals surface area contributed by atoms with Crippen molar-refractivity contribution in [2.24, 2.45) is 5.92 Å². The predicted octanol–water partition coefficient (Wildman–Crippen LogP) is 0.863. The molecule has 88 valence electrons. The van der Waals surface area contributed by atoms with Crippen molar-refractivity contribution in [3.63, 3.8) is 0 Å². The third-order valence-electron chi connectivity index (χ3n) is 2.32. The van der Waals surface area contributed by atoms with E-state index in [0.29, 0.717) is 18.9 Å². The summed E-state index contributed by atoms with van der Waals surface area (Å²) >= 11 is 0. The van der Waals surface area contributed by atoms with Crippen LogP contribution in [-0.4, -0.2) is 46.3 Å². The van der Waals surface area contributed by atoms with Gasteiger partial charge >= 0.3 is 0 Å². The minimum atomic E-state index is -0.750. The van der Waals surface area contributed by atoms with Crippen LogP contribution < -0.4 is 0 Å². The van der Waals surface area contributed by atoms with E-state index in [-0.39, 0.29) is 5.91 Å². The van der Waals surface area contributed by atoms with E-state index in [1.165, 1.54) is 0 Å². The number of aliphatic hydroxyl groups is 1. The second kappa shape index (κ2) is 4.49. The lowest BCUT2D eigenvalue weighted by Gasteiger charge is -2.33. The first-order chi connectivity index (χ1) is 6.79. The van der Waals surface area contributed by atoms with Gasteiger partial charge < -0.3 is 5.11 Å². The van der Waals surface area contributed by atoms with Crippen LogP contribution in [0.1, 0.15) is 34.1 Å². The van der Waals surface area contributed by atoms with Gasteiger partial charge in [-0.2, -0.15) is 0 Å². The van der Waals surface area contributed by atoms with Crippen molar-refractivity contribution in [2.45, 2.75) is 39.7 Å². The number of carbonyl (C=O) groups is 1. The average molecular weight is 214 g/mol. The van der Waals surface area contributed by atoms with Gasteiger partial charge in [0.2, 0.25) is 5.91 Å². The number of amides is 1. The fourth-order valence-corrected chi connectivity index (χ4v) is 1.81. The number of hydrogen-bond acceptors (Lipinski definition) is 3. The molecular formula is C11H22N2O2. The van der Waals surface area contributed by atoms with Gasteiger partial charge in [-0.3, -0.25) is 9.80 Å². The third kappa shape index (κ3) is 3.80. The normalized spacial score (nSPS) is 19.3. The molecule has 0 bridgehead atoms. The number of carbonyl (C=O) groups excluding carboxylic acids is 1. The summed E-state index contributed by atoms with van der Waals surface area (Å²) in [6, 6.07) is 0. The zero-order valence-electron chi connectivity index (χ0n) is 10.2. The summed E-state index contributed by atoms with van der Waals surface area (Å²) in [5.74, 6) is 0.629. The van der Waals surface area contributed by atoms with Crippen LogP contribution in [0.25, 0.3) is 0 Å². The van der Waals surface area contributed by atoms with Gasteiger partial charge in [0.1, 0.15) is 0 Å². The van der Waals surface area contributed by atoms with Crippen LogP contribution in [0.2, 0.25) is 0 Å². The minimum absolute atomic E-state index is 0.174. The lowest BCUT2D eigenvalue weighted by atomic mass is 10.1. The van der Waals surface area contributed by atoms with Crippen LogP contribution in [0.4, 0.5) is 0 Å². The molecule has 0 aromatic rings. The lowest BCUT2D eigenvalue weighted by Crippen LogP contribution is -2.47. The van der Waals surface area contributed by atoms with Crippen molar-refractivity contribution in [1.29, 1.82) is 0 Å². The first-order valence-electron chi connectivity index (χ1n) is 5.57. The molecule has 0 spiro atoms. The highest BCUT2D eigenvalue weighted by atomic mass is 16.3. The van der Waals surface area contributed by atoms with E-state index in [9.17, 15) is 9.90 Å². The summed E-state index contributed by atoms with van der Waals surface area (Å²) in [6.45, 7) is 9.71. The SMILES string of the molecule is CC(C)CN1C(=O)CCN1CC(C)(C)O. The van der Waals surface area contributed by atoms with E-state index in [4.69, 9.17) is 0 Å². The van der Waals surface area contributed by atoms with E-state index in [1.807, 2.05) is 5.01 Å². The highest BCUT2D eigenvalue weighted by molar-refractivity contribution is 5.77. The summed E-state index contributed by atoms with van der Waals surface area (Å²) in [5.41, 5.74) is -0.750. The van der Waals surface area contributed by atoms with Crippen molar-refractivity contribution >= 4 is 5.91 Å². The average Bonchev–Trinajstić information content (AvgIpc) is 2.32. The fraction of sp³-hybridized carbons (Fsp3) is 0.909. The first-order valence-corrected chi connectivity index (χ1v) is 5.57. The number of hydrazine groups is 1. The topological polar surface area (TPSA) is 43.8 Å². The van der Waals surface area contributed by atoms with Crippen LogP contribution in [0, 0.1) is 5.92 Å². The van der Waals surface area contributed by atoms with Crippen LogP contribution in [0.5, 0.6) is 0 Å². The number of nitrogens with zero attached hydrogens (tertiary/aromatic N) is 2. The molecule has 1 amide bonds. The van der Waals surface area contributed by atoms with Gasteiger partial charge in [-0.05, 0) is 19.8 Å². The van der Waals surface area contributed by atoms with Crippen molar-refractivity contribution < 1.29 is 9.90 Å². The Kier molecular flexibility index (Phi) is 3.73. The van der Waals surface area contributed by atoms with E-state index in [1.54, 1.807) is 18.9 Å². The van der Waals surface area contributed by atoms with Gasteiger partial charge in [0.25, 0.3) is 0 Å². The third-order valence-corrected chi connectivity index (χ3v) is 2.32. The van der Waals surface area contributed by atoms with Gasteiger partial charge in [-0.1, -0.05) is 13.8 Å². The molecule has 1 fully saturated rings. The zero-order chi connectivity index (χ0) is 11.6. The first kappa shape index (κ1) is 12.5. The molecule has 1 rings (SSSR count). The summed E-state index contributed by atoms with van der Waals surface area (Å²) in [7, 11) is 0. The van der Waals surface area contributed by atoms with Crippen molar-refractivity contribution in [3.05, 3.63) is 0 Å². The number of hydrogen-bond donors (Lipinski definition) is 1. The molecule has 4 nitrogen and oxygen atoms in total. The van der Waals surface area contributed by atoms with Crippen LogP contribution >= 0.6 is 0 Å². The molecule has 15 heavy (non-hydrogen) atoms. The zero-order valence-corrected chi connectivity index (χ0v) is 10.2. The van der Waals surface area contributed by atoms with Gasteiger partial charge in [-0.15, -0.1) is 0 Å². The molecule has 0 unspecified atom stereocenters. The molecule has 0 saturated carbocycles. The molecule has 0 aromatic heterocycles. The Morgan fingerprint density at radius 3 is 2.53 bits per heavy atom. The molecule has 1 saturated heterocycles. The quantitative estimate of drug-likeness (QED) is 0.755. The molecule has 1 heterocycles. The van der Waals surface area contributed by atoms with Gasteiger partial charge in [0.05, 0.1) is 5.60 Å². The minimum Gasteiger partial charge on any atom is -0.389 e. The maximum Gasteiger partial charge on any atom is 0.238 e. The standard InChI is InChI=1S/C11H22N2O2/c1-9(2)7-13-10(14)5-6-12(13)8-11(3,4)15/h9,15H,5-8H2,1-4H3. The Labute approximate surface area is 91.8 Å². The largest absolute Gasteiger partial charge is 0.389 e. The molecule has 0 atom stereocenters. The van der Waals surface area contributed by atoms with Gasteiger partial charge in [0, 0.05) is 26.1 Å². The molecule has 0 aromatic carbocycles. The summed E-state index contributed by atoms with van der Waals surface area (Å²) < 4.78 is 0. The van der Waals surface area contributed by atoms with Crippen molar-refractivity contribution in [2.75, 3.05) is 19.6 Å². The van der Waals surface area contributed by atoms with E-state index >= 15 is 0 Å². The Balaban J connectivity index is 2.60. The maximum atomic E-state index is 11.6. The Bertz CT molecular complexity index is 233. The van der Waals surface area contributed by atoms with E-state index in [0.717, 1.165) is 13.1 Å². The summed E-state index contributed by atoms with van der Waals surface area (Å²) in [6.07, 6.45) is 0.572. The smallest absolute Gasteiger partial charge is 0.238 e. The van der Waals surface area contributed by atoms with Crippen LogP contribution in [-0.2, 0) is 4.79 Å². The second-order valence-electron chi connectivity index (χ2n) is 5.32. The molecule has 1 aliphatic rings. The van der Waals surface area contributed by atoms with Crippen LogP contribution in [0.15, 0.2) is 0 Å². The number of rotatable bonds is 4. The predicted molar refractivity (Wildman–Crippen MR) is 59.0 cm³/mol. The molecule has 4 heteroatoms. The molecule has 1 N–H and O–H groups in total. The van der Waals surface area contributed by atoms with E-state index < -0.39 is 5.60 Å². The summed E-state index contributed by atoms with van der Waals surface area (Å²) in [5, 5.41) is 13.5. The Hall–Kier alpha value is -0.610. The second-order valence-corrected chi connectivity index (χ2v) is 5.32. The molecule has 0 radical (unpaired) electrons. The monoisotopic (exact) mass is 214 g/mol. The van der Waals surface area contributed by atoms with Gasteiger partial charge in [0.15, 0.2) is 0 Å². The molecule has 0 aliphatic carbocycles. The highest BCUT2D eigenvalue weighted by Crippen LogP contribution is 2.17. The summed E-state index contributed by atoms with van der Waals surface area (Å²) in [4.78, 5) is 11.6.